The summed E-state index contributed by atoms with van der Waals surface area (Å²) >= 11 is 2.78. The number of anilines is 1. The van der Waals surface area contributed by atoms with Gasteiger partial charge in [-0.15, -0.1) is 10.2 Å². The fourth-order valence-corrected chi connectivity index (χ4v) is 6.38. The Kier molecular flexibility index (Phi) is 8.85. The number of carbonyl (C=O) groups excluding carboxylic acids is 2. The quantitative estimate of drug-likeness (QED) is 0.0697. The van der Waals surface area contributed by atoms with E-state index in [0.717, 1.165) is 24.0 Å². The first kappa shape index (κ1) is 28.6. The highest BCUT2D eigenvalue weighted by Gasteiger charge is 2.48. The summed E-state index contributed by atoms with van der Waals surface area (Å²) in [6.07, 6.45) is 1.73. The van der Waals surface area contributed by atoms with E-state index in [1.807, 2.05) is 38.1 Å². The zero-order chi connectivity index (χ0) is 28.9. The molecule has 1 N–H and O–H groups in total. The van der Waals surface area contributed by atoms with Crippen LogP contribution in [0.4, 0.5) is 5.13 Å². The number of aliphatic hydroxyl groups excluding tert-OH is 1. The van der Waals surface area contributed by atoms with Crippen molar-refractivity contribution in [3.05, 3.63) is 106 Å². The highest BCUT2D eigenvalue weighted by Crippen LogP contribution is 2.44. The number of ketones is 1. The molecule has 0 bridgehead atoms. The molecular weight excluding hydrogens is 555 g/mol. The molecule has 1 unspecified atom stereocenters. The van der Waals surface area contributed by atoms with E-state index in [2.05, 4.69) is 41.4 Å². The number of Topliss-reactive ketones (excluding diaryl/α,β-unsaturated/α-hetero) is 1. The molecule has 1 aromatic heterocycles. The Bertz CT molecular complexity index is 1560. The van der Waals surface area contributed by atoms with E-state index in [0.29, 0.717) is 38.7 Å². The Hall–Kier alpha value is -3.95. The SMILES string of the molecule is CCCOc1ccc(/C(O)=C2/C(=O)C(=O)N(c3nnc(SCc4ccc(C)cc4)s3)C2c2ccc(CC)cc2)cc1. The minimum absolute atomic E-state index is 0.0190. The lowest BCUT2D eigenvalue weighted by Crippen LogP contribution is -2.29. The molecule has 5 rings (SSSR count). The summed E-state index contributed by atoms with van der Waals surface area (Å²) < 4.78 is 6.34. The number of aromatic nitrogens is 2. The first-order valence-corrected chi connectivity index (χ1v) is 15.3. The van der Waals surface area contributed by atoms with Crippen molar-refractivity contribution < 1.29 is 19.4 Å². The van der Waals surface area contributed by atoms with Crippen LogP contribution in [0.25, 0.3) is 5.76 Å². The maximum atomic E-state index is 13.5. The van der Waals surface area contributed by atoms with E-state index in [4.69, 9.17) is 4.74 Å². The van der Waals surface area contributed by atoms with E-state index >= 15 is 0 Å². The smallest absolute Gasteiger partial charge is 0.301 e. The summed E-state index contributed by atoms with van der Waals surface area (Å²) in [5.41, 5.74) is 4.62. The van der Waals surface area contributed by atoms with E-state index in [1.165, 1.54) is 33.6 Å². The first-order chi connectivity index (χ1) is 19.9. The summed E-state index contributed by atoms with van der Waals surface area (Å²) in [6.45, 7) is 6.71. The molecule has 0 aliphatic carbocycles. The Morgan fingerprint density at radius 3 is 2.29 bits per heavy atom. The van der Waals surface area contributed by atoms with E-state index in [-0.39, 0.29) is 11.3 Å². The lowest BCUT2D eigenvalue weighted by molar-refractivity contribution is -0.132. The van der Waals surface area contributed by atoms with Gasteiger partial charge >= 0.3 is 5.91 Å². The first-order valence-electron chi connectivity index (χ1n) is 13.5. The van der Waals surface area contributed by atoms with Gasteiger partial charge in [-0.1, -0.05) is 91.0 Å². The van der Waals surface area contributed by atoms with Gasteiger partial charge in [0.25, 0.3) is 5.78 Å². The van der Waals surface area contributed by atoms with Crippen molar-refractivity contribution in [2.45, 2.75) is 49.7 Å². The van der Waals surface area contributed by atoms with Gasteiger partial charge in [0.05, 0.1) is 18.2 Å². The van der Waals surface area contributed by atoms with Gasteiger partial charge in [0.2, 0.25) is 5.13 Å². The van der Waals surface area contributed by atoms with Crippen LogP contribution in [-0.2, 0) is 21.8 Å². The number of aliphatic hydroxyl groups is 1. The molecule has 3 aromatic carbocycles. The monoisotopic (exact) mass is 585 g/mol. The molecule has 41 heavy (non-hydrogen) atoms. The van der Waals surface area contributed by atoms with Gasteiger partial charge in [0.1, 0.15) is 11.5 Å². The minimum atomic E-state index is -0.847. The number of aryl methyl sites for hydroxylation is 2. The molecule has 2 heterocycles. The van der Waals surface area contributed by atoms with Crippen LogP contribution in [0.1, 0.15) is 54.1 Å². The Labute approximate surface area is 247 Å². The highest BCUT2D eigenvalue weighted by molar-refractivity contribution is 8.00. The van der Waals surface area contributed by atoms with Crippen molar-refractivity contribution in [1.29, 1.82) is 0 Å². The molecule has 7 nitrogen and oxygen atoms in total. The van der Waals surface area contributed by atoms with E-state index in [1.54, 1.807) is 24.3 Å². The lowest BCUT2D eigenvalue weighted by Gasteiger charge is -2.22. The van der Waals surface area contributed by atoms with Gasteiger partial charge in [-0.05, 0) is 60.7 Å². The number of rotatable bonds is 10. The zero-order valence-corrected chi connectivity index (χ0v) is 24.8. The molecule has 9 heteroatoms. The molecule has 1 atom stereocenters. The van der Waals surface area contributed by atoms with Crippen LogP contribution in [0, 0.1) is 6.92 Å². The maximum Gasteiger partial charge on any atom is 0.301 e. The van der Waals surface area contributed by atoms with Crippen molar-refractivity contribution in [3.8, 4) is 5.75 Å². The number of thioether (sulfide) groups is 1. The third kappa shape index (κ3) is 6.21. The van der Waals surface area contributed by atoms with Gasteiger partial charge in [0, 0.05) is 11.3 Å². The number of ether oxygens (including phenoxy) is 1. The van der Waals surface area contributed by atoms with Gasteiger partial charge in [-0.25, -0.2) is 0 Å². The zero-order valence-electron chi connectivity index (χ0n) is 23.2. The third-order valence-corrected chi connectivity index (χ3v) is 8.96. The topological polar surface area (TPSA) is 92.6 Å². The number of nitrogens with zero attached hydrogens (tertiary/aromatic N) is 3. The number of benzene rings is 3. The second kappa shape index (κ2) is 12.7. The summed E-state index contributed by atoms with van der Waals surface area (Å²) in [5, 5.41) is 20.3. The van der Waals surface area contributed by atoms with Gasteiger partial charge < -0.3 is 9.84 Å². The fraction of sp³-hybridized carbons (Fsp3) is 0.250. The van der Waals surface area contributed by atoms with Crippen molar-refractivity contribution in [3.63, 3.8) is 0 Å². The lowest BCUT2D eigenvalue weighted by atomic mass is 9.94. The van der Waals surface area contributed by atoms with E-state index in [9.17, 15) is 14.7 Å². The second-order valence-corrected chi connectivity index (χ2v) is 11.9. The average Bonchev–Trinajstić information content (AvgIpc) is 3.57. The Morgan fingerprint density at radius 1 is 0.951 bits per heavy atom. The minimum Gasteiger partial charge on any atom is -0.507 e. The summed E-state index contributed by atoms with van der Waals surface area (Å²) in [5.74, 6) is -0.378. The number of hydrogen-bond donors (Lipinski definition) is 1. The molecular formula is C32H31N3O4S2. The van der Waals surface area contributed by atoms with Gasteiger partial charge in [0.15, 0.2) is 4.34 Å². The molecule has 1 saturated heterocycles. The largest absolute Gasteiger partial charge is 0.507 e. The molecule has 1 amide bonds. The summed E-state index contributed by atoms with van der Waals surface area (Å²) in [7, 11) is 0. The van der Waals surface area contributed by atoms with E-state index < -0.39 is 17.7 Å². The highest BCUT2D eigenvalue weighted by atomic mass is 32.2. The van der Waals surface area contributed by atoms with Crippen LogP contribution in [0.15, 0.2) is 82.7 Å². The standard InChI is InChI=1S/C32H31N3O4S2/c1-4-18-39-25-16-14-24(15-17-25)28(36)26-27(23-12-10-21(5-2)11-13-23)35(30(38)29(26)37)31-33-34-32(41-31)40-19-22-8-6-20(3)7-9-22/h6-17,27,36H,4-5,18-19H2,1-3H3/b28-26-. The van der Waals surface area contributed by atoms with Crippen LogP contribution in [0.3, 0.4) is 0 Å². The van der Waals surface area contributed by atoms with Gasteiger partial charge in [-0.2, -0.15) is 0 Å². The molecule has 0 spiro atoms. The van der Waals surface area contributed by atoms with Crippen LogP contribution in [-0.4, -0.2) is 33.6 Å². The van der Waals surface area contributed by atoms with Crippen molar-refractivity contribution in [2.75, 3.05) is 11.5 Å². The summed E-state index contributed by atoms with van der Waals surface area (Å²) in [4.78, 5) is 28.3. The van der Waals surface area contributed by atoms with Crippen LogP contribution in [0.2, 0.25) is 0 Å². The number of hydrogen-bond acceptors (Lipinski definition) is 8. The third-order valence-electron chi connectivity index (χ3n) is 6.83. The second-order valence-electron chi connectivity index (χ2n) is 9.76. The van der Waals surface area contributed by atoms with Crippen molar-refractivity contribution in [2.24, 2.45) is 0 Å². The molecule has 210 valence electrons. The Balaban J connectivity index is 1.50. The van der Waals surface area contributed by atoms with Crippen LogP contribution < -0.4 is 9.64 Å². The normalized spacial score (nSPS) is 16.4. The van der Waals surface area contributed by atoms with Crippen LogP contribution >= 0.6 is 23.1 Å². The predicted octanol–water partition coefficient (Wildman–Crippen LogP) is 7.12. The van der Waals surface area contributed by atoms with Crippen molar-refractivity contribution >= 4 is 45.7 Å². The molecule has 1 fully saturated rings. The number of amides is 1. The molecule has 0 radical (unpaired) electrons. The van der Waals surface area contributed by atoms with Crippen LogP contribution in [0.5, 0.6) is 5.75 Å². The summed E-state index contributed by atoms with van der Waals surface area (Å²) in [6, 6.07) is 22.0. The van der Waals surface area contributed by atoms with Crippen molar-refractivity contribution in [1.82, 2.24) is 10.2 Å². The maximum absolute atomic E-state index is 13.5. The molecule has 4 aromatic rings. The average molecular weight is 586 g/mol. The molecule has 1 aliphatic rings. The molecule has 0 saturated carbocycles. The Morgan fingerprint density at radius 2 is 1.63 bits per heavy atom. The van der Waals surface area contributed by atoms with Gasteiger partial charge in [-0.3, -0.25) is 14.5 Å². The predicted molar refractivity (Wildman–Crippen MR) is 163 cm³/mol. The number of carbonyl (C=O) groups is 2. The fourth-order valence-electron chi connectivity index (χ4n) is 4.55. The molecule has 1 aliphatic heterocycles.